The van der Waals surface area contributed by atoms with Gasteiger partial charge in [0.05, 0.1) is 11.5 Å². The topological polar surface area (TPSA) is 110 Å². The highest BCUT2D eigenvalue weighted by molar-refractivity contribution is 5.81. The number of fused-ring (bicyclic) bond motifs is 1. The Morgan fingerprint density at radius 2 is 2.30 bits per heavy atom. The summed E-state index contributed by atoms with van der Waals surface area (Å²) in [5.74, 6) is -0.167. The lowest BCUT2D eigenvalue weighted by molar-refractivity contribution is -0.384. The average molecular weight is 278 g/mol. The molecule has 0 bridgehead atoms. The first-order chi connectivity index (χ1) is 9.60. The third-order valence-electron chi connectivity index (χ3n) is 2.55. The van der Waals surface area contributed by atoms with E-state index < -0.39 is 4.92 Å². The number of nitro groups is 1. The summed E-state index contributed by atoms with van der Waals surface area (Å²) in [6.07, 6.45) is 0.859. The highest BCUT2D eigenvalue weighted by Crippen LogP contribution is 2.23. The Morgan fingerprint density at radius 3 is 3.00 bits per heavy atom. The van der Waals surface area contributed by atoms with Gasteiger partial charge in [0.2, 0.25) is 5.91 Å². The fourth-order valence-corrected chi connectivity index (χ4v) is 1.59. The maximum absolute atomic E-state index is 11.4. The number of nitro benzene ring substituents is 1. The van der Waals surface area contributed by atoms with Crippen molar-refractivity contribution < 1.29 is 14.1 Å². The van der Waals surface area contributed by atoms with Gasteiger partial charge >= 0.3 is 0 Å². The molecule has 1 amide bonds. The van der Waals surface area contributed by atoms with Crippen LogP contribution < -0.4 is 10.6 Å². The Hall–Kier alpha value is -2.64. The van der Waals surface area contributed by atoms with Crippen molar-refractivity contribution >= 4 is 28.7 Å². The Morgan fingerprint density at radius 1 is 1.50 bits per heavy atom. The second-order valence-electron chi connectivity index (χ2n) is 4.13. The van der Waals surface area contributed by atoms with Gasteiger partial charge in [0.1, 0.15) is 5.52 Å². The van der Waals surface area contributed by atoms with E-state index in [1.165, 1.54) is 18.2 Å². The van der Waals surface area contributed by atoms with E-state index in [2.05, 4.69) is 15.6 Å². The highest BCUT2D eigenvalue weighted by Gasteiger charge is 2.12. The molecule has 2 rings (SSSR count). The van der Waals surface area contributed by atoms with E-state index in [4.69, 9.17) is 4.42 Å². The van der Waals surface area contributed by atoms with Gasteiger partial charge in [0.15, 0.2) is 5.58 Å². The molecule has 8 nitrogen and oxygen atoms in total. The molecule has 1 aromatic heterocycles. The number of nitrogens with zero attached hydrogens (tertiary/aromatic N) is 2. The molecule has 106 valence electrons. The van der Waals surface area contributed by atoms with Crippen molar-refractivity contribution in [2.24, 2.45) is 0 Å². The van der Waals surface area contributed by atoms with Crippen LogP contribution in [-0.2, 0) is 4.79 Å². The summed E-state index contributed by atoms with van der Waals surface area (Å²) in [6, 6.07) is 4.29. The van der Waals surface area contributed by atoms with Crippen LogP contribution in [0.2, 0.25) is 0 Å². The molecule has 0 aliphatic rings. The molecule has 0 atom stereocenters. The minimum Gasteiger partial charge on any atom is -0.424 e. The van der Waals surface area contributed by atoms with Gasteiger partial charge in [-0.25, -0.2) is 0 Å². The number of non-ortho nitro benzene ring substituents is 1. The van der Waals surface area contributed by atoms with Gasteiger partial charge in [-0.2, -0.15) is 4.98 Å². The molecule has 8 heteroatoms. The molecule has 0 radical (unpaired) electrons. The fraction of sp³-hybridized carbons (Fsp3) is 0.333. The first-order valence-corrected chi connectivity index (χ1v) is 6.15. The second-order valence-corrected chi connectivity index (χ2v) is 4.13. The number of carbonyl (C=O) groups excluding carboxylic acids is 1. The standard InChI is InChI=1S/C12H14N4O4/c1-2-5-13-11(17)7-14-12-15-9-6-8(16(18)19)3-4-10(9)20-12/h3-4,6H,2,5,7H2,1H3,(H,13,17)(H,14,15). The zero-order valence-corrected chi connectivity index (χ0v) is 10.9. The zero-order chi connectivity index (χ0) is 14.5. The van der Waals surface area contributed by atoms with Crippen molar-refractivity contribution in [3.05, 3.63) is 28.3 Å². The first kappa shape index (κ1) is 13.8. The van der Waals surface area contributed by atoms with Crippen LogP contribution >= 0.6 is 0 Å². The summed E-state index contributed by atoms with van der Waals surface area (Å²) in [5, 5.41) is 16.1. The smallest absolute Gasteiger partial charge is 0.296 e. The number of rotatable bonds is 6. The SMILES string of the molecule is CCCNC(=O)CNc1nc2cc([N+](=O)[O-])ccc2o1. The predicted octanol–water partition coefficient (Wildman–Crippen LogP) is 1.67. The van der Waals surface area contributed by atoms with Crippen molar-refractivity contribution in [2.45, 2.75) is 13.3 Å². The number of amides is 1. The number of anilines is 1. The van der Waals surface area contributed by atoms with Gasteiger partial charge in [0.25, 0.3) is 11.7 Å². The third-order valence-corrected chi connectivity index (χ3v) is 2.55. The molecule has 0 spiro atoms. The van der Waals surface area contributed by atoms with Crippen molar-refractivity contribution in [2.75, 3.05) is 18.4 Å². The molecule has 1 aromatic carbocycles. The highest BCUT2D eigenvalue weighted by atomic mass is 16.6. The Labute approximate surface area is 114 Å². The molecule has 0 aliphatic carbocycles. The van der Waals surface area contributed by atoms with Crippen LogP contribution in [0, 0.1) is 10.1 Å². The van der Waals surface area contributed by atoms with E-state index in [-0.39, 0.29) is 24.2 Å². The largest absolute Gasteiger partial charge is 0.424 e. The van der Waals surface area contributed by atoms with Gasteiger partial charge in [-0.15, -0.1) is 0 Å². The van der Waals surface area contributed by atoms with Crippen molar-refractivity contribution in [1.29, 1.82) is 0 Å². The molecule has 20 heavy (non-hydrogen) atoms. The summed E-state index contributed by atoms with van der Waals surface area (Å²) < 4.78 is 5.33. The maximum atomic E-state index is 11.4. The van der Waals surface area contributed by atoms with Crippen LogP contribution in [0.5, 0.6) is 0 Å². The summed E-state index contributed by atoms with van der Waals surface area (Å²) in [6.45, 7) is 2.61. The van der Waals surface area contributed by atoms with Gasteiger partial charge in [-0.1, -0.05) is 6.92 Å². The number of benzene rings is 1. The van der Waals surface area contributed by atoms with E-state index in [1.54, 1.807) is 0 Å². The van der Waals surface area contributed by atoms with E-state index in [1.807, 2.05) is 6.92 Å². The average Bonchev–Trinajstić information content (AvgIpc) is 2.84. The van der Waals surface area contributed by atoms with Gasteiger partial charge < -0.3 is 15.1 Å². The summed E-state index contributed by atoms with van der Waals surface area (Å²) >= 11 is 0. The van der Waals surface area contributed by atoms with E-state index in [0.29, 0.717) is 17.6 Å². The third kappa shape index (κ3) is 3.22. The first-order valence-electron chi connectivity index (χ1n) is 6.15. The van der Waals surface area contributed by atoms with Crippen LogP contribution in [0.15, 0.2) is 22.6 Å². The van der Waals surface area contributed by atoms with Gasteiger partial charge in [-0.05, 0) is 12.5 Å². The normalized spacial score (nSPS) is 10.4. The Bertz CT molecular complexity index is 637. The minimum atomic E-state index is -0.501. The molecule has 0 unspecified atom stereocenters. The van der Waals surface area contributed by atoms with E-state index in [0.717, 1.165) is 6.42 Å². The maximum Gasteiger partial charge on any atom is 0.296 e. The lowest BCUT2D eigenvalue weighted by Gasteiger charge is -2.02. The monoisotopic (exact) mass is 278 g/mol. The fourth-order valence-electron chi connectivity index (χ4n) is 1.59. The van der Waals surface area contributed by atoms with Gasteiger partial charge in [0, 0.05) is 18.7 Å². The Kier molecular flexibility index (Phi) is 4.14. The molecule has 1 heterocycles. The number of hydrogen-bond acceptors (Lipinski definition) is 6. The molecule has 0 aliphatic heterocycles. The predicted molar refractivity (Wildman–Crippen MR) is 72.5 cm³/mol. The number of nitrogens with one attached hydrogen (secondary N) is 2. The van der Waals surface area contributed by atoms with Crippen molar-refractivity contribution in [3.8, 4) is 0 Å². The van der Waals surface area contributed by atoms with Crippen LogP contribution in [0.25, 0.3) is 11.1 Å². The van der Waals surface area contributed by atoms with Crippen LogP contribution in [0.3, 0.4) is 0 Å². The van der Waals surface area contributed by atoms with E-state index >= 15 is 0 Å². The zero-order valence-electron chi connectivity index (χ0n) is 10.9. The summed E-state index contributed by atoms with van der Waals surface area (Å²) in [5.41, 5.74) is 0.737. The van der Waals surface area contributed by atoms with Gasteiger partial charge in [-0.3, -0.25) is 14.9 Å². The number of carbonyl (C=O) groups is 1. The molecular weight excluding hydrogens is 264 g/mol. The molecule has 0 fully saturated rings. The minimum absolute atomic E-state index is 0.0366. The second kappa shape index (κ2) is 6.00. The molecular formula is C12H14N4O4. The molecule has 0 saturated carbocycles. The van der Waals surface area contributed by atoms with Crippen molar-refractivity contribution in [3.63, 3.8) is 0 Å². The number of hydrogen-bond donors (Lipinski definition) is 2. The van der Waals surface area contributed by atoms with Crippen LogP contribution in [0.1, 0.15) is 13.3 Å². The van der Waals surface area contributed by atoms with E-state index in [9.17, 15) is 14.9 Å². The molecule has 0 saturated heterocycles. The van der Waals surface area contributed by atoms with Crippen molar-refractivity contribution in [1.82, 2.24) is 10.3 Å². The molecule has 2 N–H and O–H groups in total. The van der Waals surface area contributed by atoms with Crippen LogP contribution in [-0.4, -0.2) is 28.9 Å². The number of aromatic nitrogens is 1. The summed E-state index contributed by atoms with van der Waals surface area (Å²) in [7, 11) is 0. The Balaban J connectivity index is 2.04. The number of oxazole rings is 1. The lowest BCUT2D eigenvalue weighted by Crippen LogP contribution is -2.30. The van der Waals surface area contributed by atoms with Crippen LogP contribution in [0.4, 0.5) is 11.7 Å². The quantitative estimate of drug-likeness (QED) is 0.614. The summed E-state index contributed by atoms with van der Waals surface area (Å²) in [4.78, 5) is 25.6. The molecule has 2 aromatic rings. The lowest BCUT2D eigenvalue weighted by atomic mass is 10.3.